The number of rotatable bonds is 5. The van der Waals surface area contributed by atoms with Crippen molar-refractivity contribution in [2.24, 2.45) is 17.8 Å². The number of nitrogens with zero attached hydrogens (tertiary/aromatic N) is 1. The lowest BCUT2D eigenvalue weighted by molar-refractivity contribution is -0.384. The van der Waals surface area contributed by atoms with Crippen molar-refractivity contribution in [3.63, 3.8) is 0 Å². The van der Waals surface area contributed by atoms with Crippen LogP contribution in [-0.4, -0.2) is 31.1 Å². The van der Waals surface area contributed by atoms with Gasteiger partial charge in [0.05, 0.1) is 31.0 Å². The molecule has 1 aliphatic carbocycles. The Morgan fingerprint density at radius 3 is 2.15 bits per heavy atom. The van der Waals surface area contributed by atoms with Gasteiger partial charge in [0.2, 0.25) is 0 Å². The van der Waals surface area contributed by atoms with Gasteiger partial charge in [0.1, 0.15) is 0 Å². The van der Waals surface area contributed by atoms with Crippen molar-refractivity contribution in [1.82, 2.24) is 0 Å². The molecule has 1 aromatic carbocycles. The first-order valence-corrected chi connectivity index (χ1v) is 8.56. The van der Waals surface area contributed by atoms with Crippen LogP contribution >= 0.6 is 0 Å². The first-order valence-electron chi connectivity index (χ1n) is 8.56. The number of allylic oxidation sites excluding steroid dienone is 4. The highest BCUT2D eigenvalue weighted by Gasteiger charge is 2.43. The number of esters is 2. The molecule has 0 saturated heterocycles. The Balaban J connectivity index is 2.53. The smallest absolute Gasteiger partial charge is 0.310 e. The summed E-state index contributed by atoms with van der Waals surface area (Å²) >= 11 is 0. The Morgan fingerprint density at radius 1 is 1.07 bits per heavy atom. The van der Waals surface area contributed by atoms with E-state index in [0.717, 1.165) is 16.7 Å². The molecule has 144 valence electrons. The van der Waals surface area contributed by atoms with Crippen molar-refractivity contribution >= 4 is 23.2 Å². The summed E-state index contributed by atoms with van der Waals surface area (Å²) < 4.78 is 9.85. The van der Waals surface area contributed by atoms with Crippen LogP contribution in [-0.2, 0) is 19.1 Å². The van der Waals surface area contributed by atoms with E-state index in [9.17, 15) is 19.7 Å². The third-order valence-corrected chi connectivity index (χ3v) is 4.79. The zero-order chi connectivity index (χ0) is 20.1. The summed E-state index contributed by atoms with van der Waals surface area (Å²) in [4.78, 5) is 35.2. The predicted molar refractivity (Wildman–Crippen MR) is 99.6 cm³/mol. The average molecular weight is 373 g/mol. The molecule has 7 heteroatoms. The number of hydrogen-bond acceptors (Lipinski definition) is 6. The summed E-state index contributed by atoms with van der Waals surface area (Å²) in [5.41, 5.74) is 2.53. The predicted octanol–water partition coefficient (Wildman–Crippen LogP) is 3.54. The van der Waals surface area contributed by atoms with E-state index in [-0.39, 0.29) is 5.69 Å². The fourth-order valence-electron chi connectivity index (χ4n) is 3.58. The summed E-state index contributed by atoms with van der Waals surface area (Å²) in [6.45, 7) is 3.81. The number of ether oxygens (including phenoxy) is 2. The van der Waals surface area contributed by atoms with Crippen LogP contribution in [0.25, 0.3) is 5.57 Å². The second-order valence-electron chi connectivity index (χ2n) is 6.59. The molecule has 27 heavy (non-hydrogen) atoms. The van der Waals surface area contributed by atoms with E-state index < -0.39 is 34.6 Å². The molecule has 0 amide bonds. The van der Waals surface area contributed by atoms with Crippen LogP contribution in [0.5, 0.6) is 0 Å². The summed E-state index contributed by atoms with van der Waals surface area (Å²) in [5.74, 6) is -2.73. The largest absolute Gasteiger partial charge is 0.469 e. The van der Waals surface area contributed by atoms with Crippen molar-refractivity contribution in [3.8, 4) is 0 Å². The standard InChI is InChI=1S/C20H23NO6/c1-12(2)17(13-8-10-14(11-9-13)21(24)25)15-6-5-7-16(19(22)26-3)18(15)20(23)27-4/h5-6,8-11,15-16,18H,7H2,1-4H3/t15-,16-,18-/m1/s1. The van der Waals surface area contributed by atoms with Gasteiger partial charge in [-0.2, -0.15) is 0 Å². The Bertz CT molecular complexity index is 789. The summed E-state index contributed by atoms with van der Waals surface area (Å²) in [6.07, 6.45) is 4.14. The van der Waals surface area contributed by atoms with Crippen molar-refractivity contribution in [1.29, 1.82) is 0 Å². The molecule has 0 spiro atoms. The Morgan fingerprint density at radius 2 is 1.67 bits per heavy atom. The molecule has 0 saturated carbocycles. The average Bonchev–Trinajstić information content (AvgIpc) is 2.66. The summed E-state index contributed by atoms with van der Waals surface area (Å²) in [7, 11) is 2.59. The SMILES string of the molecule is COC(=O)[C@@H]1[C@@H](C(=C(C)C)c2ccc([N+](=O)[O-])cc2)C=CC[C@H]1C(=O)OC. The van der Waals surface area contributed by atoms with Gasteiger partial charge in [-0.05, 0) is 43.5 Å². The van der Waals surface area contributed by atoms with Crippen LogP contribution in [0.3, 0.4) is 0 Å². The van der Waals surface area contributed by atoms with Crippen LogP contribution in [0.15, 0.2) is 42.0 Å². The number of benzene rings is 1. The molecule has 0 heterocycles. The van der Waals surface area contributed by atoms with E-state index in [1.165, 1.54) is 26.4 Å². The fraction of sp³-hybridized carbons (Fsp3) is 0.400. The van der Waals surface area contributed by atoms with Gasteiger partial charge in [-0.25, -0.2) is 0 Å². The van der Waals surface area contributed by atoms with Crippen molar-refractivity contribution in [3.05, 3.63) is 57.7 Å². The first kappa shape index (κ1) is 20.4. The molecule has 0 unspecified atom stereocenters. The van der Waals surface area contributed by atoms with Crippen LogP contribution in [0.1, 0.15) is 25.8 Å². The topological polar surface area (TPSA) is 95.7 Å². The number of carbonyl (C=O) groups excluding carboxylic acids is 2. The van der Waals surface area contributed by atoms with Gasteiger partial charge in [-0.3, -0.25) is 19.7 Å². The molecule has 0 radical (unpaired) electrons. The lowest BCUT2D eigenvalue weighted by Crippen LogP contribution is -2.38. The molecule has 0 N–H and O–H groups in total. The van der Waals surface area contributed by atoms with E-state index in [0.29, 0.717) is 6.42 Å². The second kappa shape index (κ2) is 8.62. The molecular formula is C20H23NO6. The van der Waals surface area contributed by atoms with Gasteiger partial charge < -0.3 is 9.47 Å². The molecule has 0 aliphatic heterocycles. The van der Waals surface area contributed by atoms with Gasteiger partial charge in [0, 0.05) is 18.1 Å². The van der Waals surface area contributed by atoms with Gasteiger partial charge in [-0.15, -0.1) is 0 Å². The molecule has 1 aromatic rings. The molecule has 0 fully saturated rings. The van der Waals surface area contributed by atoms with E-state index in [1.807, 2.05) is 26.0 Å². The van der Waals surface area contributed by atoms with E-state index in [2.05, 4.69) is 0 Å². The maximum Gasteiger partial charge on any atom is 0.310 e. The number of nitro benzene ring substituents is 1. The van der Waals surface area contributed by atoms with Crippen LogP contribution < -0.4 is 0 Å². The highest BCUT2D eigenvalue weighted by Crippen LogP contribution is 2.42. The number of nitro groups is 1. The monoisotopic (exact) mass is 373 g/mol. The number of non-ortho nitro benzene ring substituents is 1. The zero-order valence-electron chi connectivity index (χ0n) is 15.8. The van der Waals surface area contributed by atoms with Crippen LogP contribution in [0, 0.1) is 27.9 Å². The molecule has 0 aromatic heterocycles. The van der Waals surface area contributed by atoms with Crippen molar-refractivity contribution in [2.75, 3.05) is 14.2 Å². The minimum atomic E-state index is -0.729. The Kier molecular flexibility index (Phi) is 6.50. The lowest BCUT2D eigenvalue weighted by atomic mass is 9.70. The van der Waals surface area contributed by atoms with Crippen molar-refractivity contribution < 1.29 is 24.0 Å². The molecule has 7 nitrogen and oxygen atoms in total. The highest BCUT2D eigenvalue weighted by molar-refractivity contribution is 5.86. The van der Waals surface area contributed by atoms with Crippen LogP contribution in [0.2, 0.25) is 0 Å². The summed E-state index contributed by atoms with van der Waals surface area (Å²) in [6, 6.07) is 6.17. The maximum atomic E-state index is 12.5. The van der Waals surface area contributed by atoms with E-state index in [4.69, 9.17) is 9.47 Å². The van der Waals surface area contributed by atoms with E-state index in [1.54, 1.807) is 12.1 Å². The van der Waals surface area contributed by atoms with E-state index >= 15 is 0 Å². The number of carbonyl (C=O) groups is 2. The minimum absolute atomic E-state index is 0.0111. The Labute approximate surface area is 157 Å². The maximum absolute atomic E-state index is 12.5. The van der Waals surface area contributed by atoms with Crippen molar-refractivity contribution in [2.45, 2.75) is 20.3 Å². The minimum Gasteiger partial charge on any atom is -0.469 e. The molecule has 1 aliphatic rings. The Hall–Kier alpha value is -2.96. The van der Waals surface area contributed by atoms with Crippen LogP contribution in [0.4, 0.5) is 5.69 Å². The molecular weight excluding hydrogens is 350 g/mol. The van der Waals surface area contributed by atoms with Gasteiger partial charge in [0.15, 0.2) is 0 Å². The number of hydrogen-bond donors (Lipinski definition) is 0. The zero-order valence-corrected chi connectivity index (χ0v) is 15.8. The lowest BCUT2D eigenvalue weighted by Gasteiger charge is -2.33. The third kappa shape index (κ3) is 4.24. The first-order chi connectivity index (χ1) is 12.8. The summed E-state index contributed by atoms with van der Waals surface area (Å²) in [5, 5.41) is 10.9. The van der Waals surface area contributed by atoms with Gasteiger partial charge >= 0.3 is 11.9 Å². The highest BCUT2D eigenvalue weighted by atomic mass is 16.6. The van der Waals surface area contributed by atoms with Gasteiger partial charge in [-0.1, -0.05) is 17.7 Å². The molecule has 3 atom stereocenters. The third-order valence-electron chi connectivity index (χ3n) is 4.79. The molecule has 2 rings (SSSR count). The second-order valence-corrected chi connectivity index (χ2v) is 6.59. The van der Waals surface area contributed by atoms with Gasteiger partial charge in [0.25, 0.3) is 5.69 Å². The number of methoxy groups -OCH3 is 2. The fourth-order valence-corrected chi connectivity index (χ4v) is 3.58. The normalized spacial score (nSPS) is 21.3. The molecule has 0 bridgehead atoms. The quantitative estimate of drug-likeness (QED) is 0.339.